The second-order valence-corrected chi connectivity index (χ2v) is 5.66. The summed E-state index contributed by atoms with van der Waals surface area (Å²) in [6, 6.07) is 0.735. The van der Waals surface area contributed by atoms with Crippen LogP contribution in [0.1, 0.15) is 37.9 Å². The van der Waals surface area contributed by atoms with E-state index in [0.29, 0.717) is 5.92 Å². The molecule has 0 saturated heterocycles. The van der Waals surface area contributed by atoms with Crippen LogP contribution < -0.4 is 10.1 Å². The molecule has 106 valence electrons. The summed E-state index contributed by atoms with van der Waals surface area (Å²) in [5.74, 6) is 1.36. The molecule has 1 fully saturated rings. The van der Waals surface area contributed by atoms with Gasteiger partial charge in [-0.2, -0.15) is 5.10 Å². The summed E-state index contributed by atoms with van der Waals surface area (Å²) in [5.41, 5.74) is 3.52. The number of hydrogen-bond donors (Lipinski definition) is 1. The van der Waals surface area contributed by atoms with Gasteiger partial charge in [-0.25, -0.2) is 4.68 Å². The summed E-state index contributed by atoms with van der Waals surface area (Å²) >= 11 is 0. The molecule has 0 spiro atoms. The number of aryl methyl sites for hydroxylation is 2. The van der Waals surface area contributed by atoms with E-state index in [9.17, 15) is 0 Å². The Hall–Kier alpha value is -1.29. The van der Waals surface area contributed by atoms with Crippen molar-refractivity contribution in [1.29, 1.82) is 0 Å². The molecule has 1 aliphatic carbocycles. The average molecular weight is 263 g/mol. The minimum absolute atomic E-state index is 0.524. The molecule has 0 bridgehead atoms. The van der Waals surface area contributed by atoms with Crippen LogP contribution in [0.5, 0.6) is 5.88 Å². The third kappa shape index (κ3) is 3.38. The summed E-state index contributed by atoms with van der Waals surface area (Å²) < 4.78 is 7.25. The Morgan fingerprint density at radius 2 is 2.21 bits per heavy atom. The molecule has 1 aromatic rings. The highest BCUT2D eigenvalue weighted by Gasteiger charge is 2.21. The average Bonchev–Trinajstić information content (AvgIpc) is 3.11. The highest BCUT2D eigenvalue weighted by atomic mass is 16.5. The molecule has 0 atom stereocenters. The maximum Gasteiger partial charge on any atom is 0.218 e. The molecule has 0 aromatic carbocycles. The second-order valence-electron chi connectivity index (χ2n) is 5.66. The Morgan fingerprint density at radius 1 is 1.53 bits per heavy atom. The van der Waals surface area contributed by atoms with Crippen LogP contribution in [-0.4, -0.2) is 29.5 Å². The van der Waals surface area contributed by atoms with E-state index in [1.807, 2.05) is 14.0 Å². The molecule has 4 heteroatoms. The summed E-state index contributed by atoms with van der Waals surface area (Å²) in [4.78, 5) is 0. The van der Waals surface area contributed by atoms with Gasteiger partial charge in [-0.3, -0.25) is 0 Å². The molecule has 19 heavy (non-hydrogen) atoms. The summed E-state index contributed by atoms with van der Waals surface area (Å²) in [6.45, 7) is 7.46. The smallest absolute Gasteiger partial charge is 0.218 e. The standard InChI is InChI=1S/C15H25N3O/c1-10(2)12(9-16-13-6-7-13)8-14-11(3)17-18(4)15(14)19-5/h8,10,13,16H,6-7,9H2,1-5H3/b12-8-. The number of nitrogens with zero attached hydrogens (tertiary/aromatic N) is 2. The van der Waals surface area contributed by atoms with E-state index in [0.717, 1.165) is 29.7 Å². The van der Waals surface area contributed by atoms with Gasteiger partial charge in [0.15, 0.2) is 0 Å². The van der Waals surface area contributed by atoms with Gasteiger partial charge in [0.05, 0.1) is 18.4 Å². The highest BCUT2D eigenvalue weighted by Crippen LogP contribution is 2.26. The van der Waals surface area contributed by atoms with Crippen LogP contribution >= 0.6 is 0 Å². The van der Waals surface area contributed by atoms with Crippen LogP contribution in [0.2, 0.25) is 0 Å². The minimum Gasteiger partial charge on any atom is -0.481 e. The number of nitrogens with one attached hydrogen (secondary N) is 1. The van der Waals surface area contributed by atoms with E-state index in [2.05, 4.69) is 30.3 Å². The zero-order valence-corrected chi connectivity index (χ0v) is 12.7. The van der Waals surface area contributed by atoms with Crippen molar-refractivity contribution in [1.82, 2.24) is 15.1 Å². The molecule has 1 heterocycles. The molecule has 1 aromatic heterocycles. The first-order chi connectivity index (χ1) is 9.02. The van der Waals surface area contributed by atoms with Crippen molar-refractivity contribution >= 4 is 6.08 Å². The number of rotatable bonds is 6. The Bertz CT molecular complexity index is 470. The van der Waals surface area contributed by atoms with Gasteiger partial charge in [-0.1, -0.05) is 19.4 Å². The Balaban J connectivity index is 2.23. The Kier molecular flexibility index (Phi) is 4.30. The lowest BCUT2D eigenvalue weighted by molar-refractivity contribution is 0.372. The van der Waals surface area contributed by atoms with E-state index in [-0.39, 0.29) is 0 Å². The summed E-state index contributed by atoms with van der Waals surface area (Å²) in [5, 5.41) is 8.01. The molecule has 1 aliphatic rings. The topological polar surface area (TPSA) is 39.1 Å². The van der Waals surface area contributed by atoms with Crippen molar-refractivity contribution in [3.8, 4) is 5.88 Å². The molecule has 0 unspecified atom stereocenters. The van der Waals surface area contributed by atoms with E-state index < -0.39 is 0 Å². The number of methoxy groups -OCH3 is 1. The van der Waals surface area contributed by atoms with Gasteiger partial charge < -0.3 is 10.1 Å². The van der Waals surface area contributed by atoms with Crippen LogP contribution in [0.4, 0.5) is 0 Å². The van der Waals surface area contributed by atoms with Crippen LogP contribution in [0.3, 0.4) is 0 Å². The normalized spacial score (nSPS) is 16.2. The number of hydrogen-bond acceptors (Lipinski definition) is 3. The van der Waals surface area contributed by atoms with Gasteiger partial charge in [-0.15, -0.1) is 0 Å². The van der Waals surface area contributed by atoms with E-state index in [1.54, 1.807) is 11.8 Å². The third-order valence-electron chi connectivity index (χ3n) is 3.65. The van der Waals surface area contributed by atoms with Gasteiger partial charge >= 0.3 is 0 Å². The Morgan fingerprint density at radius 3 is 2.74 bits per heavy atom. The molecular formula is C15H25N3O. The quantitative estimate of drug-likeness (QED) is 0.857. The van der Waals surface area contributed by atoms with Crippen LogP contribution in [0.25, 0.3) is 6.08 Å². The van der Waals surface area contributed by atoms with Gasteiger partial charge in [0.25, 0.3) is 0 Å². The van der Waals surface area contributed by atoms with Gasteiger partial charge in [0, 0.05) is 19.6 Å². The SMILES string of the molecule is COc1c(/C=C(/CNC2CC2)C(C)C)c(C)nn1C. The van der Waals surface area contributed by atoms with Crippen molar-refractivity contribution < 1.29 is 4.74 Å². The van der Waals surface area contributed by atoms with Crippen LogP contribution in [0, 0.1) is 12.8 Å². The first kappa shape index (κ1) is 14.1. The molecular weight excluding hydrogens is 238 g/mol. The fourth-order valence-corrected chi connectivity index (χ4v) is 2.22. The number of ether oxygens (including phenoxy) is 1. The lowest BCUT2D eigenvalue weighted by atomic mass is 10.0. The van der Waals surface area contributed by atoms with Gasteiger partial charge in [-0.05, 0) is 31.8 Å². The fraction of sp³-hybridized carbons (Fsp3) is 0.667. The summed E-state index contributed by atoms with van der Waals surface area (Å²) in [7, 11) is 3.62. The first-order valence-electron chi connectivity index (χ1n) is 7.04. The van der Waals surface area contributed by atoms with Crippen molar-refractivity contribution in [2.75, 3.05) is 13.7 Å². The predicted octanol–water partition coefficient (Wildman–Crippen LogP) is 2.53. The zero-order valence-electron chi connectivity index (χ0n) is 12.7. The summed E-state index contributed by atoms with van der Waals surface area (Å²) in [6.07, 6.45) is 4.88. The molecule has 4 nitrogen and oxygen atoms in total. The van der Waals surface area contributed by atoms with Crippen LogP contribution in [-0.2, 0) is 7.05 Å². The van der Waals surface area contributed by atoms with E-state index >= 15 is 0 Å². The van der Waals surface area contributed by atoms with E-state index in [1.165, 1.54) is 18.4 Å². The minimum atomic E-state index is 0.524. The molecule has 1 N–H and O–H groups in total. The van der Waals surface area contributed by atoms with Crippen molar-refractivity contribution in [3.05, 3.63) is 16.8 Å². The van der Waals surface area contributed by atoms with Gasteiger partial charge in [0.1, 0.15) is 0 Å². The molecule has 0 amide bonds. The van der Waals surface area contributed by atoms with Crippen LogP contribution in [0.15, 0.2) is 5.57 Å². The maximum absolute atomic E-state index is 5.45. The largest absolute Gasteiger partial charge is 0.481 e. The number of aromatic nitrogens is 2. The molecule has 0 aliphatic heterocycles. The first-order valence-corrected chi connectivity index (χ1v) is 7.04. The third-order valence-corrected chi connectivity index (χ3v) is 3.65. The van der Waals surface area contributed by atoms with Crippen molar-refractivity contribution in [3.63, 3.8) is 0 Å². The van der Waals surface area contributed by atoms with Crippen molar-refractivity contribution in [2.24, 2.45) is 13.0 Å². The maximum atomic E-state index is 5.45. The van der Waals surface area contributed by atoms with E-state index in [4.69, 9.17) is 4.74 Å². The lowest BCUT2D eigenvalue weighted by Crippen LogP contribution is -2.21. The second kappa shape index (κ2) is 5.78. The monoisotopic (exact) mass is 263 g/mol. The zero-order chi connectivity index (χ0) is 14.0. The molecule has 0 radical (unpaired) electrons. The Labute approximate surface area is 115 Å². The fourth-order valence-electron chi connectivity index (χ4n) is 2.22. The highest BCUT2D eigenvalue weighted by molar-refractivity contribution is 5.61. The molecule has 2 rings (SSSR count). The van der Waals surface area contributed by atoms with Crippen molar-refractivity contribution in [2.45, 2.75) is 39.7 Å². The lowest BCUT2D eigenvalue weighted by Gasteiger charge is -2.13. The van der Waals surface area contributed by atoms with Gasteiger partial charge in [0.2, 0.25) is 5.88 Å². The molecule has 1 saturated carbocycles. The predicted molar refractivity (Wildman–Crippen MR) is 78.3 cm³/mol.